The van der Waals surface area contributed by atoms with Gasteiger partial charge in [0.2, 0.25) is 0 Å². The molecule has 21 heavy (non-hydrogen) atoms. The molecule has 0 saturated carbocycles. The standard InChI is InChI=1S/C16H26Br2O2Si/c1-16(2,3)21(4,5)20-9-8-19-7-6-13-10-14(17)12-15(18)11-13/h10-12H,6-9H2,1-5H3. The minimum atomic E-state index is -1.64. The van der Waals surface area contributed by atoms with Gasteiger partial charge in [0, 0.05) is 8.95 Å². The van der Waals surface area contributed by atoms with Gasteiger partial charge in [0.15, 0.2) is 8.32 Å². The summed E-state index contributed by atoms with van der Waals surface area (Å²) in [5.74, 6) is 0. The van der Waals surface area contributed by atoms with E-state index in [-0.39, 0.29) is 5.04 Å². The third kappa shape index (κ3) is 6.95. The Morgan fingerprint density at radius 1 is 0.952 bits per heavy atom. The summed E-state index contributed by atoms with van der Waals surface area (Å²) in [4.78, 5) is 0. The lowest BCUT2D eigenvalue weighted by atomic mass is 10.2. The van der Waals surface area contributed by atoms with Crippen molar-refractivity contribution in [2.45, 2.75) is 45.3 Å². The van der Waals surface area contributed by atoms with Crippen molar-refractivity contribution < 1.29 is 9.16 Å². The highest BCUT2D eigenvalue weighted by Gasteiger charge is 2.36. The van der Waals surface area contributed by atoms with Crippen LogP contribution in [0.15, 0.2) is 27.1 Å². The number of hydrogen-bond acceptors (Lipinski definition) is 2. The predicted molar refractivity (Wildman–Crippen MR) is 99.5 cm³/mol. The third-order valence-electron chi connectivity index (χ3n) is 3.95. The number of rotatable bonds is 7. The molecular formula is C16H26Br2O2Si. The molecule has 0 aromatic heterocycles. The van der Waals surface area contributed by atoms with E-state index in [1.54, 1.807) is 0 Å². The lowest BCUT2D eigenvalue weighted by molar-refractivity contribution is 0.0975. The van der Waals surface area contributed by atoms with Crippen molar-refractivity contribution in [2.24, 2.45) is 0 Å². The van der Waals surface area contributed by atoms with Gasteiger partial charge < -0.3 is 9.16 Å². The molecule has 1 rings (SSSR count). The Kier molecular flexibility index (Phi) is 7.61. The summed E-state index contributed by atoms with van der Waals surface area (Å²) in [6.07, 6.45) is 0.915. The molecule has 0 unspecified atom stereocenters. The van der Waals surface area contributed by atoms with Crippen LogP contribution in [0.4, 0.5) is 0 Å². The van der Waals surface area contributed by atoms with Crippen molar-refractivity contribution in [1.82, 2.24) is 0 Å². The zero-order valence-electron chi connectivity index (χ0n) is 13.6. The first-order chi connectivity index (χ1) is 9.62. The van der Waals surface area contributed by atoms with Gasteiger partial charge in [0.05, 0.1) is 19.8 Å². The lowest BCUT2D eigenvalue weighted by Gasteiger charge is -2.36. The maximum Gasteiger partial charge on any atom is 0.192 e. The average Bonchev–Trinajstić information content (AvgIpc) is 2.30. The van der Waals surface area contributed by atoms with Crippen molar-refractivity contribution in [1.29, 1.82) is 0 Å². The van der Waals surface area contributed by atoms with E-state index in [0.717, 1.165) is 22.0 Å². The van der Waals surface area contributed by atoms with Gasteiger partial charge in [-0.3, -0.25) is 0 Å². The molecule has 0 aliphatic carbocycles. The highest BCUT2D eigenvalue weighted by molar-refractivity contribution is 9.11. The van der Waals surface area contributed by atoms with Crippen LogP contribution in [-0.2, 0) is 15.6 Å². The summed E-state index contributed by atoms with van der Waals surface area (Å²) < 4.78 is 14.0. The Balaban J connectivity index is 2.23. The van der Waals surface area contributed by atoms with Crippen LogP contribution in [0.3, 0.4) is 0 Å². The molecule has 2 nitrogen and oxygen atoms in total. The Morgan fingerprint density at radius 2 is 1.52 bits per heavy atom. The molecule has 0 heterocycles. The topological polar surface area (TPSA) is 18.5 Å². The Bertz CT molecular complexity index is 436. The van der Waals surface area contributed by atoms with E-state index in [4.69, 9.17) is 9.16 Å². The van der Waals surface area contributed by atoms with Crippen LogP contribution in [-0.4, -0.2) is 28.1 Å². The first-order valence-corrected chi connectivity index (χ1v) is 11.8. The fourth-order valence-electron chi connectivity index (χ4n) is 1.62. The summed E-state index contributed by atoms with van der Waals surface area (Å²) in [6.45, 7) is 13.4. The van der Waals surface area contributed by atoms with Gasteiger partial charge in [0.1, 0.15) is 0 Å². The maximum absolute atomic E-state index is 6.08. The van der Waals surface area contributed by atoms with E-state index >= 15 is 0 Å². The van der Waals surface area contributed by atoms with E-state index in [1.165, 1.54) is 5.56 Å². The van der Waals surface area contributed by atoms with Crippen LogP contribution in [0.1, 0.15) is 26.3 Å². The van der Waals surface area contributed by atoms with Gasteiger partial charge in [-0.15, -0.1) is 0 Å². The average molecular weight is 438 g/mol. The molecule has 0 amide bonds. The molecule has 1 aromatic rings. The van der Waals surface area contributed by atoms with E-state index in [9.17, 15) is 0 Å². The van der Waals surface area contributed by atoms with E-state index < -0.39 is 8.32 Å². The molecule has 0 bridgehead atoms. The number of benzene rings is 1. The summed E-state index contributed by atoms with van der Waals surface area (Å²) in [5, 5.41) is 0.260. The molecule has 0 aliphatic heterocycles. The summed E-state index contributed by atoms with van der Waals surface area (Å²) in [5.41, 5.74) is 1.27. The summed E-state index contributed by atoms with van der Waals surface area (Å²) in [6, 6.07) is 6.29. The van der Waals surface area contributed by atoms with Crippen molar-refractivity contribution in [2.75, 3.05) is 19.8 Å². The molecular weight excluding hydrogens is 412 g/mol. The van der Waals surface area contributed by atoms with Crippen molar-refractivity contribution >= 4 is 40.2 Å². The van der Waals surface area contributed by atoms with Gasteiger partial charge in [-0.05, 0) is 48.3 Å². The van der Waals surface area contributed by atoms with Gasteiger partial charge in [-0.2, -0.15) is 0 Å². The van der Waals surface area contributed by atoms with Crippen LogP contribution in [0.25, 0.3) is 0 Å². The monoisotopic (exact) mass is 436 g/mol. The van der Waals surface area contributed by atoms with Gasteiger partial charge in [-0.25, -0.2) is 0 Å². The largest absolute Gasteiger partial charge is 0.414 e. The highest BCUT2D eigenvalue weighted by Crippen LogP contribution is 2.36. The van der Waals surface area contributed by atoms with Gasteiger partial charge in [-0.1, -0.05) is 52.6 Å². The molecule has 1 aromatic carbocycles. The lowest BCUT2D eigenvalue weighted by Crippen LogP contribution is -2.41. The first kappa shape index (κ1) is 19.4. The molecule has 0 N–H and O–H groups in total. The molecule has 0 radical (unpaired) electrons. The Hall–Kier alpha value is 0.317. The van der Waals surface area contributed by atoms with Crippen LogP contribution >= 0.6 is 31.9 Å². The molecule has 0 fully saturated rings. The number of hydrogen-bond donors (Lipinski definition) is 0. The van der Waals surface area contributed by atoms with E-state index in [1.807, 2.05) is 6.07 Å². The minimum Gasteiger partial charge on any atom is -0.414 e. The second kappa shape index (κ2) is 8.25. The Labute approximate surface area is 147 Å². The maximum atomic E-state index is 6.08. The number of ether oxygens (including phenoxy) is 1. The zero-order valence-corrected chi connectivity index (χ0v) is 17.8. The van der Waals surface area contributed by atoms with Crippen LogP contribution in [0, 0.1) is 0 Å². The van der Waals surface area contributed by atoms with E-state index in [0.29, 0.717) is 13.2 Å². The second-order valence-electron chi connectivity index (χ2n) is 6.75. The fourth-order valence-corrected chi connectivity index (χ4v) is 4.03. The minimum absolute atomic E-state index is 0.260. The molecule has 0 spiro atoms. The van der Waals surface area contributed by atoms with Crippen molar-refractivity contribution in [3.8, 4) is 0 Å². The predicted octanol–water partition coefficient (Wildman–Crippen LogP) is 5.79. The smallest absolute Gasteiger partial charge is 0.192 e. The molecule has 0 atom stereocenters. The van der Waals surface area contributed by atoms with Gasteiger partial charge >= 0.3 is 0 Å². The molecule has 0 aliphatic rings. The fraction of sp³-hybridized carbons (Fsp3) is 0.625. The summed E-state index contributed by atoms with van der Waals surface area (Å²) in [7, 11) is -1.64. The van der Waals surface area contributed by atoms with E-state index in [2.05, 4.69) is 77.9 Å². The molecule has 0 saturated heterocycles. The molecule has 5 heteroatoms. The van der Waals surface area contributed by atoms with Crippen LogP contribution in [0.5, 0.6) is 0 Å². The second-order valence-corrected chi connectivity index (χ2v) is 13.4. The SMILES string of the molecule is CC(C)(C)[Si](C)(C)OCCOCCc1cc(Br)cc(Br)c1. The quantitative estimate of drug-likeness (QED) is 0.396. The van der Waals surface area contributed by atoms with Crippen LogP contribution < -0.4 is 0 Å². The third-order valence-corrected chi connectivity index (χ3v) is 9.41. The normalized spacial score (nSPS) is 12.7. The van der Waals surface area contributed by atoms with Crippen LogP contribution in [0.2, 0.25) is 18.1 Å². The first-order valence-electron chi connectivity index (χ1n) is 7.28. The highest BCUT2D eigenvalue weighted by atomic mass is 79.9. The zero-order chi connectivity index (χ0) is 16.1. The Morgan fingerprint density at radius 3 is 2.05 bits per heavy atom. The molecule has 120 valence electrons. The van der Waals surface area contributed by atoms with Gasteiger partial charge in [0.25, 0.3) is 0 Å². The van der Waals surface area contributed by atoms with Crippen molar-refractivity contribution in [3.05, 3.63) is 32.7 Å². The van der Waals surface area contributed by atoms with Crippen molar-refractivity contribution in [3.63, 3.8) is 0 Å². The summed E-state index contributed by atoms with van der Waals surface area (Å²) >= 11 is 7.00. The number of halogens is 2.